The van der Waals surface area contributed by atoms with E-state index in [0.29, 0.717) is 19.4 Å². The molecule has 2 atom stereocenters. The van der Waals surface area contributed by atoms with Gasteiger partial charge in [0, 0.05) is 23.9 Å². The lowest BCUT2D eigenvalue weighted by atomic mass is 10.1. The number of amides is 1. The van der Waals surface area contributed by atoms with E-state index in [0.717, 1.165) is 35.7 Å². The van der Waals surface area contributed by atoms with Crippen LogP contribution in [0.5, 0.6) is 0 Å². The van der Waals surface area contributed by atoms with Gasteiger partial charge in [0.05, 0.1) is 12.1 Å². The highest BCUT2D eigenvalue weighted by Gasteiger charge is 2.28. The van der Waals surface area contributed by atoms with Gasteiger partial charge in [-0.1, -0.05) is 53.1 Å². The molecule has 1 amide bonds. The highest BCUT2D eigenvalue weighted by molar-refractivity contribution is 9.10. The average Bonchev–Trinajstić information content (AvgIpc) is 2.95. The van der Waals surface area contributed by atoms with Crippen LogP contribution in [0.3, 0.4) is 0 Å². The zero-order valence-electron chi connectivity index (χ0n) is 14.8. The molecule has 6 heteroatoms. The van der Waals surface area contributed by atoms with Crippen molar-refractivity contribution in [3.63, 3.8) is 0 Å². The van der Waals surface area contributed by atoms with Gasteiger partial charge in [-0.05, 0) is 37.0 Å². The minimum atomic E-state index is -0.756. The molecule has 1 heterocycles. The van der Waals surface area contributed by atoms with E-state index in [9.17, 15) is 14.7 Å². The average molecular weight is 424 g/mol. The Bertz CT molecular complexity index is 646. The standard InChI is InChI=1S/C20H26BrNO4/c21-16-7-5-6-15(14-16)18(23)11-9-17-10-12-19(24)22(17)13-4-2-1-3-8-20(25)26/h5-7,9,11,14,17-18,23H,1-4,8,10,12-13H2,(H,25,26)/t17?,18-/m1/s1. The second kappa shape index (κ2) is 10.5. The molecule has 1 saturated heterocycles. The Labute approximate surface area is 162 Å². The van der Waals surface area contributed by atoms with Crippen molar-refractivity contribution < 1.29 is 19.8 Å². The van der Waals surface area contributed by atoms with Gasteiger partial charge in [0.25, 0.3) is 0 Å². The molecule has 0 aliphatic carbocycles. The number of hydrogen-bond acceptors (Lipinski definition) is 3. The van der Waals surface area contributed by atoms with Crippen molar-refractivity contribution in [2.45, 2.75) is 57.1 Å². The van der Waals surface area contributed by atoms with E-state index in [1.165, 1.54) is 0 Å². The number of hydrogen-bond donors (Lipinski definition) is 2. The summed E-state index contributed by atoms with van der Waals surface area (Å²) in [5.41, 5.74) is 0.810. The van der Waals surface area contributed by atoms with Gasteiger partial charge in [0.1, 0.15) is 0 Å². The van der Waals surface area contributed by atoms with Gasteiger partial charge in [0.2, 0.25) is 5.91 Å². The van der Waals surface area contributed by atoms with Gasteiger partial charge in [-0.25, -0.2) is 0 Å². The number of carboxylic acids is 1. The van der Waals surface area contributed by atoms with Crippen LogP contribution >= 0.6 is 15.9 Å². The second-order valence-electron chi connectivity index (χ2n) is 6.64. The molecule has 0 bridgehead atoms. The molecule has 1 aliphatic rings. The third-order valence-electron chi connectivity index (χ3n) is 4.62. The maximum Gasteiger partial charge on any atom is 0.303 e. The molecular weight excluding hydrogens is 398 g/mol. The van der Waals surface area contributed by atoms with Crippen molar-refractivity contribution in [1.29, 1.82) is 0 Å². The molecule has 1 unspecified atom stereocenters. The summed E-state index contributed by atoms with van der Waals surface area (Å²) in [6.45, 7) is 0.688. The van der Waals surface area contributed by atoms with Crippen LogP contribution in [-0.2, 0) is 9.59 Å². The van der Waals surface area contributed by atoms with E-state index in [1.54, 1.807) is 6.08 Å². The van der Waals surface area contributed by atoms with Gasteiger partial charge in [0.15, 0.2) is 0 Å². The normalized spacial score (nSPS) is 18.6. The number of carbonyl (C=O) groups is 2. The van der Waals surface area contributed by atoms with Crippen LogP contribution in [0, 0.1) is 0 Å². The highest BCUT2D eigenvalue weighted by atomic mass is 79.9. The summed E-state index contributed by atoms with van der Waals surface area (Å²) in [4.78, 5) is 24.5. The number of nitrogens with zero attached hydrogens (tertiary/aromatic N) is 1. The summed E-state index contributed by atoms with van der Waals surface area (Å²) in [6.07, 6.45) is 7.88. The Morgan fingerprint density at radius 1 is 1.31 bits per heavy atom. The first kappa shape index (κ1) is 20.6. The van der Waals surface area contributed by atoms with Crippen molar-refractivity contribution in [3.8, 4) is 0 Å². The van der Waals surface area contributed by atoms with Crippen LogP contribution in [0.15, 0.2) is 40.9 Å². The maximum atomic E-state index is 12.1. The minimum absolute atomic E-state index is 0.0309. The number of rotatable bonds is 10. The SMILES string of the molecule is O=C(O)CCCCCCN1C(=O)CCC1C=C[C@@H](O)c1cccc(Br)c1. The van der Waals surface area contributed by atoms with Crippen molar-refractivity contribution in [2.75, 3.05) is 6.54 Å². The number of benzene rings is 1. The van der Waals surface area contributed by atoms with Gasteiger partial charge in [-0.3, -0.25) is 9.59 Å². The van der Waals surface area contributed by atoms with Crippen molar-refractivity contribution in [2.24, 2.45) is 0 Å². The fraction of sp³-hybridized carbons (Fsp3) is 0.500. The van der Waals surface area contributed by atoms with Gasteiger partial charge in [-0.2, -0.15) is 0 Å². The zero-order valence-corrected chi connectivity index (χ0v) is 16.4. The molecule has 26 heavy (non-hydrogen) atoms. The molecule has 5 nitrogen and oxygen atoms in total. The molecule has 2 rings (SSSR count). The van der Waals surface area contributed by atoms with Crippen LogP contribution in [0.25, 0.3) is 0 Å². The largest absolute Gasteiger partial charge is 0.481 e. The van der Waals surface area contributed by atoms with Crippen LogP contribution in [0.4, 0.5) is 0 Å². The molecule has 0 saturated carbocycles. The van der Waals surface area contributed by atoms with Crippen LogP contribution in [-0.4, -0.2) is 39.6 Å². The number of carbonyl (C=O) groups excluding carboxylic acids is 1. The second-order valence-corrected chi connectivity index (χ2v) is 7.55. The third kappa shape index (κ3) is 6.57. The number of carboxylic acid groups (broad SMARTS) is 1. The van der Waals surface area contributed by atoms with Gasteiger partial charge in [-0.15, -0.1) is 0 Å². The lowest BCUT2D eigenvalue weighted by molar-refractivity contribution is -0.137. The fourth-order valence-electron chi connectivity index (χ4n) is 3.19. The van der Waals surface area contributed by atoms with Crippen molar-refractivity contribution >= 4 is 27.8 Å². The number of unbranched alkanes of at least 4 members (excludes halogenated alkanes) is 3. The first-order valence-corrected chi connectivity index (χ1v) is 9.90. The lowest BCUT2D eigenvalue weighted by Gasteiger charge is -2.22. The Hall–Kier alpha value is -1.66. The summed E-state index contributed by atoms with van der Waals surface area (Å²) in [5.74, 6) is -0.601. The molecule has 2 N–H and O–H groups in total. The number of halogens is 1. The van der Waals surface area contributed by atoms with E-state index >= 15 is 0 Å². The predicted octanol–water partition coefficient (Wildman–Crippen LogP) is 4.06. The van der Waals surface area contributed by atoms with Crippen LogP contribution in [0.1, 0.15) is 56.6 Å². The number of likely N-dealkylation sites (tertiary alicyclic amines) is 1. The molecule has 0 spiro atoms. The van der Waals surface area contributed by atoms with E-state index in [1.807, 2.05) is 35.2 Å². The highest BCUT2D eigenvalue weighted by Crippen LogP contribution is 2.24. The Balaban J connectivity index is 1.81. The Morgan fingerprint density at radius 3 is 2.81 bits per heavy atom. The summed E-state index contributed by atoms with van der Waals surface area (Å²) in [7, 11) is 0. The molecule has 0 radical (unpaired) electrons. The summed E-state index contributed by atoms with van der Waals surface area (Å²) < 4.78 is 0.919. The van der Waals surface area contributed by atoms with E-state index in [4.69, 9.17) is 5.11 Å². The molecule has 1 aromatic carbocycles. The quantitative estimate of drug-likeness (QED) is 0.439. The van der Waals surface area contributed by atoms with E-state index < -0.39 is 12.1 Å². The topological polar surface area (TPSA) is 77.8 Å². The monoisotopic (exact) mass is 423 g/mol. The first-order valence-electron chi connectivity index (χ1n) is 9.10. The van der Waals surface area contributed by atoms with Crippen molar-refractivity contribution in [3.05, 3.63) is 46.5 Å². The Morgan fingerprint density at radius 2 is 2.08 bits per heavy atom. The van der Waals surface area contributed by atoms with E-state index in [-0.39, 0.29) is 18.4 Å². The van der Waals surface area contributed by atoms with E-state index in [2.05, 4.69) is 15.9 Å². The van der Waals surface area contributed by atoms with Gasteiger partial charge >= 0.3 is 5.97 Å². The predicted molar refractivity (Wildman–Crippen MR) is 104 cm³/mol. The summed E-state index contributed by atoms with van der Waals surface area (Å²) >= 11 is 3.40. The molecule has 1 aromatic rings. The minimum Gasteiger partial charge on any atom is -0.481 e. The Kier molecular flexibility index (Phi) is 8.32. The zero-order chi connectivity index (χ0) is 18.9. The van der Waals surface area contributed by atoms with Gasteiger partial charge < -0.3 is 15.1 Å². The molecule has 1 aliphatic heterocycles. The van der Waals surface area contributed by atoms with Crippen LogP contribution in [0.2, 0.25) is 0 Å². The van der Waals surface area contributed by atoms with Crippen LogP contribution < -0.4 is 0 Å². The number of aliphatic hydroxyl groups is 1. The third-order valence-corrected chi connectivity index (χ3v) is 5.11. The number of aliphatic hydroxyl groups excluding tert-OH is 1. The lowest BCUT2D eigenvalue weighted by Crippen LogP contribution is -2.32. The maximum absolute atomic E-state index is 12.1. The summed E-state index contributed by atoms with van der Waals surface area (Å²) in [5, 5.41) is 18.9. The summed E-state index contributed by atoms with van der Waals surface area (Å²) in [6, 6.07) is 7.57. The number of aliphatic carboxylic acids is 1. The fourth-order valence-corrected chi connectivity index (χ4v) is 3.61. The molecule has 142 valence electrons. The molecule has 1 fully saturated rings. The molecule has 0 aromatic heterocycles. The smallest absolute Gasteiger partial charge is 0.303 e. The van der Waals surface area contributed by atoms with Crippen molar-refractivity contribution in [1.82, 2.24) is 4.90 Å². The first-order chi connectivity index (χ1) is 12.5. The molecular formula is C20H26BrNO4.